The molecule has 30 heavy (non-hydrogen) atoms. The van der Waals surface area contributed by atoms with E-state index in [2.05, 4.69) is 40.2 Å². The van der Waals surface area contributed by atoms with E-state index >= 15 is 0 Å². The molecule has 0 saturated heterocycles. The number of hydrogen-bond donors (Lipinski definition) is 4. The zero-order valence-corrected chi connectivity index (χ0v) is 16.5. The first-order valence-electron chi connectivity index (χ1n) is 10.1. The quantitative estimate of drug-likeness (QED) is 0.487. The fourth-order valence-corrected chi connectivity index (χ4v) is 3.52. The smallest absolute Gasteiger partial charge is 0.326 e. The fraction of sp³-hybridized carbons (Fsp3) is 0.333. The number of imidazole rings is 1. The lowest BCUT2D eigenvalue weighted by molar-refractivity contribution is 0.454. The van der Waals surface area contributed by atoms with Gasteiger partial charge in [0.2, 0.25) is 5.88 Å². The Bertz CT molecular complexity index is 1350. The van der Waals surface area contributed by atoms with E-state index in [1.54, 1.807) is 16.8 Å². The maximum Gasteiger partial charge on any atom is 0.326 e. The van der Waals surface area contributed by atoms with E-state index in [0.717, 1.165) is 29.6 Å². The number of nitrogens with two attached hydrogens (primary N) is 1. The van der Waals surface area contributed by atoms with Crippen LogP contribution < -0.4 is 22.1 Å². The molecule has 0 aliphatic heterocycles. The normalized spacial score (nSPS) is 22.8. The molecule has 154 valence electrons. The van der Waals surface area contributed by atoms with Crippen molar-refractivity contribution in [2.45, 2.75) is 38.3 Å². The Morgan fingerprint density at radius 2 is 2.23 bits per heavy atom. The highest BCUT2D eigenvalue weighted by molar-refractivity contribution is 5.56. The lowest BCUT2D eigenvalue weighted by Gasteiger charge is -2.18. The maximum absolute atomic E-state index is 11.4. The zero-order chi connectivity index (χ0) is 20.8. The average Bonchev–Trinajstić information content (AvgIpc) is 3.34. The average molecular weight is 405 g/mol. The van der Waals surface area contributed by atoms with Crippen molar-refractivity contribution in [3.05, 3.63) is 68.6 Å². The van der Waals surface area contributed by atoms with Gasteiger partial charge >= 0.3 is 5.69 Å². The van der Waals surface area contributed by atoms with Gasteiger partial charge in [0.1, 0.15) is 5.69 Å². The molecule has 0 spiro atoms. The predicted molar refractivity (Wildman–Crippen MR) is 112 cm³/mol. The van der Waals surface area contributed by atoms with Crippen molar-refractivity contribution in [1.29, 1.82) is 0 Å². The van der Waals surface area contributed by atoms with E-state index in [1.807, 2.05) is 6.07 Å². The second-order valence-electron chi connectivity index (χ2n) is 8.00. The van der Waals surface area contributed by atoms with Gasteiger partial charge in [0.15, 0.2) is 11.1 Å². The van der Waals surface area contributed by atoms with Gasteiger partial charge in [-0.1, -0.05) is 25.2 Å². The number of aromatic amines is 2. The van der Waals surface area contributed by atoms with Crippen LogP contribution in [0.2, 0.25) is 0 Å². The van der Waals surface area contributed by atoms with Crippen molar-refractivity contribution in [3.63, 3.8) is 0 Å². The summed E-state index contributed by atoms with van der Waals surface area (Å²) in [5, 5.41) is 15.0. The van der Waals surface area contributed by atoms with Crippen LogP contribution in [0, 0.1) is 5.92 Å². The standard InChI is InChI=1S/C21H23N7O2/c1-11-2-3-12(7-16(11)22)6-15-9-18(24-14-4-5-14)28-19(25-15)13(10-23-28)8-17-20(29)27-21(30)26-17/h2-3,7-11,14,16,29H,4-6,22H2,1H3,(H2,26,27,30). The van der Waals surface area contributed by atoms with Crippen LogP contribution >= 0.6 is 0 Å². The minimum Gasteiger partial charge on any atom is -0.493 e. The summed E-state index contributed by atoms with van der Waals surface area (Å²) in [7, 11) is 0. The summed E-state index contributed by atoms with van der Waals surface area (Å²) < 4.78 is 1.70. The molecule has 1 fully saturated rings. The number of nitrogens with one attached hydrogen (secondary N) is 2. The van der Waals surface area contributed by atoms with Gasteiger partial charge in [-0.15, -0.1) is 0 Å². The Morgan fingerprint density at radius 3 is 2.93 bits per heavy atom. The van der Waals surface area contributed by atoms with Crippen LogP contribution in [0.15, 0.2) is 45.9 Å². The van der Waals surface area contributed by atoms with Gasteiger partial charge in [0.25, 0.3) is 0 Å². The number of allylic oxidation sites excluding steroid dienone is 2. The molecule has 2 aliphatic carbocycles. The van der Waals surface area contributed by atoms with E-state index in [9.17, 15) is 9.90 Å². The SMILES string of the molecule is CC1C=CC(Cc2cc(=NC3CC3)n3ncc(=Cc4[nH]c(=O)[nH]c4O)c3n2)=CC1N. The van der Waals surface area contributed by atoms with Crippen molar-refractivity contribution >= 4 is 11.7 Å². The number of aromatic hydroxyl groups is 1. The van der Waals surface area contributed by atoms with Gasteiger partial charge in [0, 0.05) is 23.7 Å². The highest BCUT2D eigenvalue weighted by atomic mass is 16.3. The van der Waals surface area contributed by atoms with E-state index in [0.29, 0.717) is 29.2 Å². The molecule has 0 radical (unpaired) electrons. The van der Waals surface area contributed by atoms with Crippen LogP contribution in [-0.2, 0) is 6.42 Å². The molecule has 0 amide bonds. The van der Waals surface area contributed by atoms with E-state index in [4.69, 9.17) is 15.7 Å². The summed E-state index contributed by atoms with van der Waals surface area (Å²) in [6.45, 7) is 2.10. The number of aromatic nitrogens is 5. The molecule has 9 heteroatoms. The Balaban J connectivity index is 1.63. The van der Waals surface area contributed by atoms with Crippen molar-refractivity contribution in [1.82, 2.24) is 24.6 Å². The van der Waals surface area contributed by atoms with Crippen LogP contribution in [0.25, 0.3) is 11.7 Å². The summed E-state index contributed by atoms with van der Waals surface area (Å²) in [6, 6.07) is 2.29. The second kappa shape index (κ2) is 7.10. The number of H-pyrrole nitrogens is 2. The van der Waals surface area contributed by atoms with Crippen LogP contribution in [0.4, 0.5) is 0 Å². The fourth-order valence-electron chi connectivity index (χ4n) is 3.52. The molecule has 1 saturated carbocycles. The number of hydrogen-bond acceptors (Lipinski definition) is 6. The third-order valence-corrected chi connectivity index (χ3v) is 5.44. The Morgan fingerprint density at radius 1 is 1.40 bits per heavy atom. The van der Waals surface area contributed by atoms with Gasteiger partial charge in [-0.25, -0.2) is 9.78 Å². The summed E-state index contributed by atoms with van der Waals surface area (Å²) in [4.78, 5) is 25.9. The number of rotatable bonds is 4. The highest BCUT2D eigenvalue weighted by Gasteiger charge is 2.20. The van der Waals surface area contributed by atoms with Gasteiger partial charge in [0.05, 0.1) is 17.9 Å². The molecule has 2 atom stereocenters. The molecule has 5 N–H and O–H groups in total. The Kier molecular flexibility index (Phi) is 4.39. The first-order valence-corrected chi connectivity index (χ1v) is 10.1. The molecule has 2 aliphatic rings. The van der Waals surface area contributed by atoms with Crippen molar-refractivity contribution in [2.24, 2.45) is 16.6 Å². The molecule has 3 aromatic heterocycles. The van der Waals surface area contributed by atoms with Crippen molar-refractivity contribution in [2.75, 3.05) is 0 Å². The summed E-state index contributed by atoms with van der Waals surface area (Å²) >= 11 is 0. The zero-order valence-electron chi connectivity index (χ0n) is 16.5. The van der Waals surface area contributed by atoms with E-state index in [1.165, 1.54) is 0 Å². The maximum atomic E-state index is 11.4. The minimum atomic E-state index is -0.477. The molecule has 0 bridgehead atoms. The van der Waals surface area contributed by atoms with E-state index < -0.39 is 5.69 Å². The Labute approximate surface area is 171 Å². The van der Waals surface area contributed by atoms with Crippen LogP contribution in [0.3, 0.4) is 0 Å². The van der Waals surface area contributed by atoms with Crippen molar-refractivity contribution in [3.8, 4) is 5.88 Å². The van der Waals surface area contributed by atoms with Crippen LogP contribution in [0.5, 0.6) is 5.88 Å². The van der Waals surface area contributed by atoms with Gasteiger partial charge in [-0.3, -0.25) is 9.98 Å². The van der Waals surface area contributed by atoms with Gasteiger partial charge in [-0.2, -0.15) is 9.61 Å². The summed E-state index contributed by atoms with van der Waals surface area (Å²) in [5.41, 5.74) is 9.34. The lowest BCUT2D eigenvalue weighted by atomic mass is 9.92. The molecule has 0 aromatic carbocycles. The first kappa shape index (κ1) is 18.6. The number of fused-ring (bicyclic) bond motifs is 1. The summed E-state index contributed by atoms with van der Waals surface area (Å²) in [5.74, 6) is 0.0934. The molecule has 3 heterocycles. The number of nitrogens with zero attached hydrogens (tertiary/aromatic N) is 4. The molecule has 2 unspecified atom stereocenters. The second-order valence-corrected chi connectivity index (χ2v) is 8.00. The lowest BCUT2D eigenvalue weighted by Crippen LogP contribution is -2.27. The summed E-state index contributed by atoms with van der Waals surface area (Å²) in [6.07, 6.45) is 12.4. The molecule has 9 nitrogen and oxygen atoms in total. The predicted octanol–water partition coefficient (Wildman–Crippen LogP) is 0.0642. The van der Waals surface area contributed by atoms with Crippen LogP contribution in [0.1, 0.15) is 31.2 Å². The van der Waals surface area contributed by atoms with Gasteiger partial charge < -0.3 is 15.8 Å². The van der Waals surface area contributed by atoms with Crippen LogP contribution in [-0.4, -0.2) is 41.8 Å². The third-order valence-electron chi connectivity index (χ3n) is 5.44. The molecule has 5 rings (SSSR count). The largest absolute Gasteiger partial charge is 0.493 e. The van der Waals surface area contributed by atoms with Crippen molar-refractivity contribution < 1.29 is 5.11 Å². The molecular weight excluding hydrogens is 382 g/mol. The van der Waals surface area contributed by atoms with E-state index in [-0.39, 0.29) is 17.6 Å². The highest BCUT2D eigenvalue weighted by Crippen LogP contribution is 2.22. The molecular formula is C21H23N7O2. The molecule has 3 aromatic rings. The topological polar surface area (TPSA) is 137 Å². The minimum absolute atomic E-state index is 0.00314. The van der Waals surface area contributed by atoms with Gasteiger partial charge in [-0.05, 0) is 30.4 Å². The first-order chi connectivity index (χ1) is 14.5. The third kappa shape index (κ3) is 3.59. The monoisotopic (exact) mass is 405 g/mol. The Hall–Kier alpha value is -3.46.